The van der Waals surface area contributed by atoms with Gasteiger partial charge in [0, 0.05) is 36.8 Å². The Morgan fingerprint density at radius 2 is 1.88 bits per heavy atom. The predicted octanol–water partition coefficient (Wildman–Crippen LogP) is 0.926. The number of nitrogens with zero attached hydrogens (tertiary/aromatic N) is 3. The zero-order valence-corrected chi connectivity index (χ0v) is 11.9. The zero-order valence-electron chi connectivity index (χ0n) is 9.50. The molecule has 1 saturated heterocycles. The molecule has 1 aliphatic heterocycles. The first-order chi connectivity index (χ1) is 7.97. The lowest BCUT2D eigenvalue weighted by atomic mass is 10.3. The molecule has 0 bridgehead atoms. The van der Waals surface area contributed by atoms with Crippen molar-refractivity contribution in [1.29, 1.82) is 0 Å². The van der Waals surface area contributed by atoms with E-state index in [1.807, 2.05) is 12.1 Å². The van der Waals surface area contributed by atoms with Gasteiger partial charge in [0.25, 0.3) is 0 Å². The van der Waals surface area contributed by atoms with Gasteiger partial charge < -0.3 is 4.90 Å². The summed E-state index contributed by atoms with van der Waals surface area (Å²) in [6.07, 6.45) is 3.00. The molecule has 0 spiro atoms. The summed E-state index contributed by atoms with van der Waals surface area (Å²) < 4.78 is 25.2. The second kappa shape index (κ2) is 4.91. The van der Waals surface area contributed by atoms with Crippen molar-refractivity contribution < 1.29 is 8.42 Å². The molecule has 94 valence electrons. The minimum atomic E-state index is -3.06. The van der Waals surface area contributed by atoms with Crippen molar-refractivity contribution in [3.8, 4) is 0 Å². The van der Waals surface area contributed by atoms with Crippen molar-refractivity contribution in [3.63, 3.8) is 0 Å². The molecule has 7 heteroatoms. The molecule has 0 aromatic carbocycles. The van der Waals surface area contributed by atoms with E-state index in [9.17, 15) is 8.42 Å². The van der Waals surface area contributed by atoms with Crippen LogP contribution in [0.2, 0.25) is 0 Å². The normalized spacial score (nSPS) is 18.4. The summed E-state index contributed by atoms with van der Waals surface area (Å²) in [5.41, 5.74) is 0. The molecule has 1 aromatic rings. The fraction of sp³-hybridized carbons (Fsp3) is 0.500. The first kappa shape index (κ1) is 12.8. The molecule has 1 aromatic heterocycles. The van der Waals surface area contributed by atoms with Crippen LogP contribution < -0.4 is 4.90 Å². The quantitative estimate of drug-likeness (QED) is 0.813. The molecule has 0 atom stereocenters. The van der Waals surface area contributed by atoms with Crippen LogP contribution in [0.3, 0.4) is 0 Å². The summed E-state index contributed by atoms with van der Waals surface area (Å²) in [7, 11) is -3.06. The Balaban J connectivity index is 2.02. The lowest BCUT2D eigenvalue weighted by Crippen LogP contribution is -2.48. The van der Waals surface area contributed by atoms with Gasteiger partial charge in [-0.1, -0.05) is 0 Å². The van der Waals surface area contributed by atoms with Gasteiger partial charge in [0.2, 0.25) is 10.0 Å². The van der Waals surface area contributed by atoms with Crippen molar-refractivity contribution >= 4 is 31.8 Å². The highest BCUT2D eigenvalue weighted by molar-refractivity contribution is 9.10. The van der Waals surface area contributed by atoms with E-state index in [-0.39, 0.29) is 0 Å². The number of sulfonamides is 1. The third-order valence-electron chi connectivity index (χ3n) is 2.74. The Morgan fingerprint density at radius 1 is 1.24 bits per heavy atom. The van der Waals surface area contributed by atoms with E-state index in [1.165, 1.54) is 10.6 Å². The van der Waals surface area contributed by atoms with E-state index in [0.29, 0.717) is 26.2 Å². The fourth-order valence-electron chi connectivity index (χ4n) is 1.80. The first-order valence-electron chi connectivity index (χ1n) is 5.28. The minimum Gasteiger partial charge on any atom is -0.354 e. The minimum absolute atomic E-state index is 0.524. The topological polar surface area (TPSA) is 53.5 Å². The molecule has 0 radical (unpaired) electrons. The van der Waals surface area contributed by atoms with Crippen LogP contribution in [0.5, 0.6) is 0 Å². The van der Waals surface area contributed by atoms with Crippen LogP contribution in [0.1, 0.15) is 0 Å². The average Bonchev–Trinajstić information content (AvgIpc) is 2.29. The van der Waals surface area contributed by atoms with Crippen molar-refractivity contribution in [2.45, 2.75) is 0 Å². The number of rotatable bonds is 2. The summed E-state index contributed by atoms with van der Waals surface area (Å²) in [5.74, 6) is 0.890. The summed E-state index contributed by atoms with van der Waals surface area (Å²) in [5, 5.41) is 0. The number of hydrogen-bond donors (Lipinski definition) is 0. The lowest BCUT2D eigenvalue weighted by Gasteiger charge is -2.33. The number of pyridine rings is 1. The number of hydrogen-bond acceptors (Lipinski definition) is 4. The molecule has 0 amide bonds. The first-order valence-corrected chi connectivity index (χ1v) is 7.92. The van der Waals surface area contributed by atoms with E-state index in [0.717, 1.165) is 10.3 Å². The van der Waals surface area contributed by atoms with E-state index in [2.05, 4.69) is 25.8 Å². The van der Waals surface area contributed by atoms with E-state index in [4.69, 9.17) is 0 Å². The van der Waals surface area contributed by atoms with Crippen LogP contribution in [0, 0.1) is 0 Å². The van der Waals surface area contributed by atoms with Gasteiger partial charge in [-0.15, -0.1) is 0 Å². The largest absolute Gasteiger partial charge is 0.354 e. The maximum Gasteiger partial charge on any atom is 0.211 e. The summed E-state index contributed by atoms with van der Waals surface area (Å²) in [6.45, 7) is 2.41. The zero-order chi connectivity index (χ0) is 12.5. The van der Waals surface area contributed by atoms with E-state index >= 15 is 0 Å². The Kier molecular flexibility index (Phi) is 3.70. The number of piperazine rings is 1. The maximum absolute atomic E-state index is 11.4. The molecule has 1 aliphatic rings. The van der Waals surface area contributed by atoms with Crippen LogP contribution >= 0.6 is 15.9 Å². The van der Waals surface area contributed by atoms with Gasteiger partial charge in [0.1, 0.15) is 5.82 Å². The maximum atomic E-state index is 11.4. The molecule has 1 fully saturated rings. The lowest BCUT2D eigenvalue weighted by molar-refractivity contribution is 0.387. The van der Waals surface area contributed by atoms with Crippen molar-refractivity contribution in [1.82, 2.24) is 9.29 Å². The van der Waals surface area contributed by atoms with Gasteiger partial charge in [-0.05, 0) is 28.1 Å². The Morgan fingerprint density at radius 3 is 2.35 bits per heavy atom. The smallest absolute Gasteiger partial charge is 0.211 e. The molecule has 17 heavy (non-hydrogen) atoms. The Bertz CT molecular complexity index is 481. The highest BCUT2D eigenvalue weighted by atomic mass is 79.9. The number of halogens is 1. The van der Waals surface area contributed by atoms with Gasteiger partial charge in [-0.3, -0.25) is 0 Å². The molecular formula is C10H14BrN3O2S. The molecular weight excluding hydrogens is 306 g/mol. The van der Waals surface area contributed by atoms with Gasteiger partial charge in [-0.2, -0.15) is 4.31 Å². The van der Waals surface area contributed by atoms with Crippen molar-refractivity contribution in [2.75, 3.05) is 37.3 Å². The van der Waals surface area contributed by atoms with Crippen LogP contribution in [0.25, 0.3) is 0 Å². The third-order valence-corrected chi connectivity index (χ3v) is 4.52. The van der Waals surface area contributed by atoms with Gasteiger partial charge in [-0.25, -0.2) is 13.4 Å². The predicted molar refractivity (Wildman–Crippen MR) is 70.6 cm³/mol. The Hall–Kier alpha value is -0.660. The third kappa shape index (κ3) is 3.17. The molecule has 0 aliphatic carbocycles. The second-order valence-electron chi connectivity index (χ2n) is 3.98. The van der Waals surface area contributed by atoms with Gasteiger partial charge in [0.05, 0.1) is 6.26 Å². The summed E-state index contributed by atoms with van der Waals surface area (Å²) in [4.78, 5) is 6.39. The van der Waals surface area contributed by atoms with E-state index < -0.39 is 10.0 Å². The standard InChI is InChI=1S/C10H14BrN3O2S/c1-17(15,16)14-6-4-13(5-7-14)10-3-2-9(11)8-12-10/h2-3,8H,4-7H2,1H3. The van der Waals surface area contributed by atoms with Crippen LogP contribution in [0.15, 0.2) is 22.8 Å². The molecule has 0 saturated carbocycles. The molecule has 2 rings (SSSR count). The van der Waals surface area contributed by atoms with Gasteiger partial charge >= 0.3 is 0 Å². The molecule has 5 nitrogen and oxygen atoms in total. The molecule has 2 heterocycles. The summed E-state index contributed by atoms with van der Waals surface area (Å²) >= 11 is 3.34. The van der Waals surface area contributed by atoms with Crippen molar-refractivity contribution in [2.24, 2.45) is 0 Å². The SMILES string of the molecule is CS(=O)(=O)N1CCN(c2ccc(Br)cn2)CC1. The molecule has 0 N–H and O–H groups in total. The van der Waals surface area contributed by atoms with Gasteiger partial charge in [0.15, 0.2) is 0 Å². The molecule has 0 unspecified atom stereocenters. The van der Waals surface area contributed by atoms with Crippen LogP contribution in [-0.4, -0.2) is 50.1 Å². The Labute approximate surface area is 110 Å². The number of anilines is 1. The highest BCUT2D eigenvalue weighted by Gasteiger charge is 2.23. The second-order valence-corrected chi connectivity index (χ2v) is 6.88. The highest BCUT2D eigenvalue weighted by Crippen LogP contribution is 2.17. The van der Waals surface area contributed by atoms with E-state index in [1.54, 1.807) is 6.20 Å². The number of aromatic nitrogens is 1. The summed E-state index contributed by atoms with van der Waals surface area (Å²) in [6, 6.07) is 3.87. The van der Waals surface area contributed by atoms with Crippen LogP contribution in [0.4, 0.5) is 5.82 Å². The fourth-order valence-corrected chi connectivity index (χ4v) is 2.87. The average molecular weight is 320 g/mol. The van der Waals surface area contributed by atoms with Crippen molar-refractivity contribution in [3.05, 3.63) is 22.8 Å². The van der Waals surface area contributed by atoms with Crippen LogP contribution in [-0.2, 0) is 10.0 Å². The monoisotopic (exact) mass is 319 g/mol.